The molecular weight excluding hydrogens is 292 g/mol. The maximum Gasteiger partial charge on any atom is 0.339 e. The van der Waals surface area contributed by atoms with E-state index in [2.05, 4.69) is 5.32 Å². The lowest BCUT2D eigenvalue weighted by Crippen LogP contribution is -2.49. The molecule has 1 aliphatic heterocycles. The van der Waals surface area contributed by atoms with Crippen molar-refractivity contribution in [1.29, 1.82) is 5.26 Å². The van der Waals surface area contributed by atoms with Crippen LogP contribution in [0, 0.1) is 11.3 Å². The molecule has 0 aromatic heterocycles. The van der Waals surface area contributed by atoms with Crippen molar-refractivity contribution in [1.82, 2.24) is 0 Å². The van der Waals surface area contributed by atoms with Crippen LogP contribution in [-0.4, -0.2) is 17.5 Å². The number of benzene rings is 2. The summed E-state index contributed by atoms with van der Waals surface area (Å²) in [5.74, 6) is -0.971. The smallest absolute Gasteiger partial charge is 0.339 e. The summed E-state index contributed by atoms with van der Waals surface area (Å²) >= 11 is 0. The zero-order chi connectivity index (χ0) is 16.4. The molecule has 1 atom stereocenters. The van der Waals surface area contributed by atoms with Crippen molar-refractivity contribution in [2.45, 2.75) is 18.9 Å². The molecule has 0 aliphatic carbocycles. The molecule has 0 spiro atoms. The number of fused-ring (bicyclic) bond motifs is 1. The van der Waals surface area contributed by atoms with Gasteiger partial charge in [-0.25, -0.2) is 4.79 Å². The summed E-state index contributed by atoms with van der Waals surface area (Å²) < 4.78 is 5.37. The van der Waals surface area contributed by atoms with Crippen LogP contribution in [0.1, 0.15) is 28.4 Å². The highest BCUT2D eigenvalue weighted by molar-refractivity contribution is 6.03. The third kappa shape index (κ3) is 2.67. The van der Waals surface area contributed by atoms with E-state index in [1.165, 1.54) is 0 Å². The van der Waals surface area contributed by atoms with Gasteiger partial charge in [-0.05, 0) is 30.7 Å². The molecule has 1 heterocycles. The van der Waals surface area contributed by atoms with E-state index in [-0.39, 0.29) is 6.42 Å². The highest BCUT2D eigenvalue weighted by Crippen LogP contribution is 2.29. The lowest BCUT2D eigenvalue weighted by Gasteiger charge is -2.33. The van der Waals surface area contributed by atoms with Crippen LogP contribution in [0.4, 0.5) is 5.69 Å². The Hall–Kier alpha value is -3.13. The Balaban J connectivity index is 1.88. The van der Waals surface area contributed by atoms with Gasteiger partial charge in [-0.15, -0.1) is 0 Å². The number of cyclic esters (lactones) is 1. The van der Waals surface area contributed by atoms with Crippen molar-refractivity contribution in [3.63, 3.8) is 0 Å². The number of carbonyl (C=O) groups excluding carboxylic acids is 2. The van der Waals surface area contributed by atoms with E-state index in [1.807, 2.05) is 18.2 Å². The van der Waals surface area contributed by atoms with Gasteiger partial charge >= 0.3 is 5.97 Å². The first-order chi connectivity index (χ1) is 11.0. The number of nitriles is 1. The number of ether oxygens (including phenoxy) is 1. The van der Waals surface area contributed by atoms with Gasteiger partial charge in [-0.2, -0.15) is 5.26 Å². The second-order valence-electron chi connectivity index (χ2n) is 5.57. The van der Waals surface area contributed by atoms with Gasteiger partial charge in [0, 0.05) is 6.42 Å². The first-order valence-corrected chi connectivity index (χ1v) is 7.15. The average molecular weight is 306 g/mol. The predicted molar refractivity (Wildman–Crippen MR) is 83.8 cm³/mol. The van der Waals surface area contributed by atoms with Gasteiger partial charge in [0.2, 0.25) is 0 Å². The molecule has 1 aliphatic rings. The molecule has 0 bridgehead atoms. The standard InChI is InChI=1S/C18H14N2O3/c1-18(10-12-6-2-4-8-14(12)16(21)23-18)17(22)20-15-9-5-3-7-13(15)11-19/h2-9H,10H2,1H3,(H,20,22). The molecule has 1 amide bonds. The third-order valence-electron chi connectivity index (χ3n) is 3.86. The van der Waals surface area contributed by atoms with Crippen LogP contribution < -0.4 is 5.32 Å². The molecule has 0 radical (unpaired) electrons. The molecule has 1 unspecified atom stereocenters. The Morgan fingerprint density at radius 1 is 1.22 bits per heavy atom. The monoisotopic (exact) mass is 306 g/mol. The van der Waals surface area contributed by atoms with E-state index in [0.29, 0.717) is 16.8 Å². The number of carbonyl (C=O) groups is 2. The topological polar surface area (TPSA) is 79.2 Å². The molecule has 1 N–H and O–H groups in total. The molecule has 0 saturated carbocycles. The third-order valence-corrected chi connectivity index (χ3v) is 3.86. The zero-order valence-electron chi connectivity index (χ0n) is 12.5. The van der Waals surface area contributed by atoms with Crippen LogP contribution in [0.25, 0.3) is 0 Å². The minimum atomic E-state index is -1.31. The van der Waals surface area contributed by atoms with Gasteiger partial charge in [-0.1, -0.05) is 30.3 Å². The van der Waals surface area contributed by atoms with E-state index in [0.717, 1.165) is 5.56 Å². The normalized spacial score (nSPS) is 19.2. The van der Waals surface area contributed by atoms with Crippen LogP contribution in [0.3, 0.4) is 0 Å². The predicted octanol–water partition coefficient (Wildman–Crippen LogP) is 2.67. The fourth-order valence-corrected chi connectivity index (χ4v) is 2.60. The molecule has 0 fully saturated rings. The first kappa shape index (κ1) is 14.8. The lowest BCUT2D eigenvalue weighted by atomic mass is 9.89. The van der Waals surface area contributed by atoms with Crippen LogP contribution in [0.5, 0.6) is 0 Å². The molecule has 5 heteroatoms. The maximum absolute atomic E-state index is 12.6. The molecule has 2 aromatic carbocycles. The van der Waals surface area contributed by atoms with Gasteiger partial charge in [0.15, 0.2) is 5.60 Å². The summed E-state index contributed by atoms with van der Waals surface area (Å²) in [6, 6.07) is 15.8. The summed E-state index contributed by atoms with van der Waals surface area (Å²) in [6.07, 6.45) is 0.287. The molecule has 114 valence electrons. The summed E-state index contributed by atoms with van der Waals surface area (Å²) in [5.41, 5.74) is 0.696. The van der Waals surface area contributed by atoms with E-state index in [4.69, 9.17) is 10.00 Å². The Bertz CT molecular complexity index is 838. The zero-order valence-corrected chi connectivity index (χ0v) is 12.5. The summed E-state index contributed by atoms with van der Waals surface area (Å²) in [4.78, 5) is 24.7. The Morgan fingerprint density at radius 3 is 2.70 bits per heavy atom. The fourth-order valence-electron chi connectivity index (χ4n) is 2.60. The van der Waals surface area contributed by atoms with Crippen LogP contribution in [-0.2, 0) is 16.0 Å². The van der Waals surface area contributed by atoms with Gasteiger partial charge in [-0.3, -0.25) is 4.79 Å². The van der Waals surface area contributed by atoms with Crippen LogP contribution in [0.15, 0.2) is 48.5 Å². The van der Waals surface area contributed by atoms with Gasteiger partial charge in [0.25, 0.3) is 5.91 Å². The van der Waals surface area contributed by atoms with E-state index in [1.54, 1.807) is 43.3 Å². The van der Waals surface area contributed by atoms with E-state index in [9.17, 15) is 9.59 Å². The summed E-state index contributed by atoms with van der Waals surface area (Å²) in [7, 11) is 0. The number of anilines is 1. The van der Waals surface area contributed by atoms with Crippen molar-refractivity contribution in [2.75, 3.05) is 5.32 Å². The molecule has 5 nitrogen and oxygen atoms in total. The number of rotatable bonds is 2. The first-order valence-electron chi connectivity index (χ1n) is 7.15. The minimum absolute atomic E-state index is 0.287. The SMILES string of the molecule is CC1(C(=O)Nc2ccccc2C#N)Cc2ccccc2C(=O)O1. The highest BCUT2D eigenvalue weighted by atomic mass is 16.6. The van der Waals surface area contributed by atoms with Gasteiger partial charge in [0.05, 0.1) is 16.8 Å². The second-order valence-corrected chi connectivity index (χ2v) is 5.57. The fraction of sp³-hybridized carbons (Fsp3) is 0.167. The van der Waals surface area contributed by atoms with Crippen LogP contribution in [0.2, 0.25) is 0 Å². The molecule has 2 aromatic rings. The highest BCUT2D eigenvalue weighted by Gasteiger charge is 2.42. The van der Waals surface area contributed by atoms with E-state index < -0.39 is 17.5 Å². The lowest BCUT2D eigenvalue weighted by molar-refractivity contribution is -0.134. The van der Waals surface area contributed by atoms with Crippen molar-refractivity contribution >= 4 is 17.6 Å². The van der Waals surface area contributed by atoms with Crippen molar-refractivity contribution in [3.05, 3.63) is 65.2 Å². The minimum Gasteiger partial charge on any atom is -0.445 e. The number of hydrogen-bond donors (Lipinski definition) is 1. The quantitative estimate of drug-likeness (QED) is 0.865. The second kappa shape index (κ2) is 5.58. The number of hydrogen-bond acceptors (Lipinski definition) is 4. The Labute approximate surface area is 133 Å². The molecule has 3 rings (SSSR count). The molecular formula is C18H14N2O3. The van der Waals surface area contributed by atoms with Gasteiger partial charge in [0.1, 0.15) is 6.07 Å². The maximum atomic E-state index is 12.6. The number of nitrogens with zero attached hydrogens (tertiary/aromatic N) is 1. The van der Waals surface area contributed by atoms with Gasteiger partial charge < -0.3 is 10.1 Å². The Morgan fingerprint density at radius 2 is 1.91 bits per heavy atom. The Kier molecular flexibility index (Phi) is 3.59. The van der Waals surface area contributed by atoms with Crippen molar-refractivity contribution in [2.24, 2.45) is 0 Å². The summed E-state index contributed by atoms with van der Waals surface area (Å²) in [6.45, 7) is 1.57. The number of esters is 1. The molecule has 0 saturated heterocycles. The van der Waals surface area contributed by atoms with E-state index >= 15 is 0 Å². The number of nitrogens with one attached hydrogen (secondary N) is 1. The average Bonchev–Trinajstić information content (AvgIpc) is 2.55. The van der Waals surface area contributed by atoms with Crippen LogP contribution >= 0.6 is 0 Å². The summed E-state index contributed by atoms with van der Waals surface area (Å²) in [5, 5.41) is 11.8. The number of amides is 1. The molecule has 23 heavy (non-hydrogen) atoms. The number of para-hydroxylation sites is 1. The largest absolute Gasteiger partial charge is 0.445 e. The van der Waals surface area contributed by atoms with Crippen molar-refractivity contribution < 1.29 is 14.3 Å². The van der Waals surface area contributed by atoms with Crippen molar-refractivity contribution in [3.8, 4) is 6.07 Å².